The molecule has 0 heterocycles. The molecule has 0 bridgehead atoms. The van der Waals surface area contributed by atoms with Gasteiger partial charge in [-0.3, -0.25) is 9.59 Å². The van der Waals surface area contributed by atoms with Crippen molar-refractivity contribution in [2.75, 3.05) is 13.7 Å². The van der Waals surface area contributed by atoms with E-state index in [4.69, 9.17) is 32.7 Å². The molecule has 0 aliphatic heterocycles. The van der Waals surface area contributed by atoms with Crippen LogP contribution in [0.5, 0.6) is 11.5 Å². The Kier molecular flexibility index (Phi) is 8.61. The molecular formula is C24H19Cl2N3O5. The predicted molar refractivity (Wildman–Crippen MR) is 129 cm³/mol. The van der Waals surface area contributed by atoms with Crippen LogP contribution in [0.2, 0.25) is 10.0 Å². The van der Waals surface area contributed by atoms with Crippen molar-refractivity contribution in [1.29, 1.82) is 0 Å². The fourth-order valence-electron chi connectivity index (χ4n) is 2.70. The number of hydrogen-bond donors (Lipinski definition) is 2. The second kappa shape index (κ2) is 11.8. The molecule has 2 amide bonds. The molecule has 0 aromatic heterocycles. The first-order valence-electron chi connectivity index (χ1n) is 9.87. The summed E-state index contributed by atoms with van der Waals surface area (Å²) in [6.07, 6.45) is 1.38. The second-order valence-electron chi connectivity index (χ2n) is 6.79. The summed E-state index contributed by atoms with van der Waals surface area (Å²) in [5.74, 6) is -1.01. The molecule has 3 aromatic rings. The summed E-state index contributed by atoms with van der Waals surface area (Å²) in [5.41, 5.74) is 3.56. The third-order valence-electron chi connectivity index (χ3n) is 4.37. The number of carbonyl (C=O) groups excluding carboxylic acids is 3. The molecule has 3 aromatic carbocycles. The number of hydrazone groups is 1. The normalized spacial score (nSPS) is 10.6. The van der Waals surface area contributed by atoms with Gasteiger partial charge in [0.15, 0.2) is 11.5 Å². The van der Waals surface area contributed by atoms with Crippen LogP contribution in [-0.4, -0.2) is 37.7 Å². The number of nitrogens with zero attached hydrogens (tertiary/aromatic N) is 1. The van der Waals surface area contributed by atoms with Gasteiger partial charge in [-0.2, -0.15) is 5.10 Å². The van der Waals surface area contributed by atoms with Gasteiger partial charge in [-0.1, -0.05) is 29.3 Å². The minimum Gasteiger partial charge on any atom is -0.493 e. The van der Waals surface area contributed by atoms with Gasteiger partial charge in [0.2, 0.25) is 0 Å². The van der Waals surface area contributed by atoms with Crippen LogP contribution in [0.4, 0.5) is 0 Å². The van der Waals surface area contributed by atoms with Gasteiger partial charge in [0.25, 0.3) is 11.8 Å². The first-order chi connectivity index (χ1) is 16.4. The Morgan fingerprint density at radius 3 is 2.38 bits per heavy atom. The number of nitrogens with one attached hydrogen (secondary N) is 2. The monoisotopic (exact) mass is 499 g/mol. The molecule has 0 fully saturated rings. The van der Waals surface area contributed by atoms with Gasteiger partial charge in [0.1, 0.15) is 0 Å². The molecule has 174 valence electrons. The van der Waals surface area contributed by atoms with Gasteiger partial charge < -0.3 is 14.8 Å². The standard InChI is InChI=1S/C24H19Cl2N3O5/c1-33-21-11-15(5-10-20(21)34-24(32)16-6-8-18(25)9-7-16)13-28-29-22(30)14-27-23(31)17-3-2-4-19(26)12-17/h2-13H,14H2,1H3,(H,27,31)(H,29,30)/b28-13-. The number of amides is 2. The summed E-state index contributed by atoms with van der Waals surface area (Å²) in [5, 5.41) is 7.26. The zero-order valence-corrected chi connectivity index (χ0v) is 19.4. The van der Waals surface area contributed by atoms with E-state index in [9.17, 15) is 14.4 Å². The number of carbonyl (C=O) groups is 3. The molecular weight excluding hydrogens is 481 g/mol. The average Bonchev–Trinajstić information content (AvgIpc) is 2.83. The third-order valence-corrected chi connectivity index (χ3v) is 4.86. The van der Waals surface area contributed by atoms with Crippen molar-refractivity contribution < 1.29 is 23.9 Å². The van der Waals surface area contributed by atoms with E-state index in [1.54, 1.807) is 60.7 Å². The molecule has 3 rings (SSSR count). The van der Waals surface area contributed by atoms with Crippen molar-refractivity contribution in [3.8, 4) is 11.5 Å². The summed E-state index contributed by atoms with van der Waals surface area (Å²) in [4.78, 5) is 36.3. The minimum atomic E-state index is -0.566. The van der Waals surface area contributed by atoms with E-state index in [1.807, 2.05) is 0 Å². The summed E-state index contributed by atoms with van der Waals surface area (Å²) in [6, 6.07) is 17.4. The zero-order chi connectivity index (χ0) is 24.5. The van der Waals surface area contributed by atoms with Crippen molar-refractivity contribution in [2.45, 2.75) is 0 Å². The Labute approximate surface area is 205 Å². The lowest BCUT2D eigenvalue weighted by Gasteiger charge is -2.10. The molecule has 34 heavy (non-hydrogen) atoms. The maximum absolute atomic E-state index is 12.3. The molecule has 0 saturated carbocycles. The Morgan fingerprint density at radius 1 is 0.912 bits per heavy atom. The number of rotatable bonds is 8. The van der Waals surface area contributed by atoms with Crippen molar-refractivity contribution in [3.05, 3.63) is 93.5 Å². The first-order valence-corrected chi connectivity index (χ1v) is 10.6. The highest BCUT2D eigenvalue weighted by molar-refractivity contribution is 6.31. The number of halogens is 2. The van der Waals surface area contributed by atoms with Gasteiger partial charge >= 0.3 is 5.97 Å². The first kappa shape index (κ1) is 24.8. The molecule has 10 heteroatoms. The van der Waals surface area contributed by atoms with Crippen LogP contribution in [0.25, 0.3) is 0 Å². The van der Waals surface area contributed by atoms with Gasteiger partial charge in [0.05, 0.1) is 25.4 Å². The Bertz CT molecular complexity index is 1230. The average molecular weight is 500 g/mol. The van der Waals surface area contributed by atoms with E-state index < -0.39 is 17.8 Å². The van der Waals surface area contributed by atoms with Crippen LogP contribution >= 0.6 is 23.2 Å². The van der Waals surface area contributed by atoms with Crippen LogP contribution in [0.15, 0.2) is 71.8 Å². The molecule has 2 N–H and O–H groups in total. The van der Waals surface area contributed by atoms with Crippen LogP contribution in [-0.2, 0) is 4.79 Å². The maximum atomic E-state index is 12.3. The van der Waals surface area contributed by atoms with Crippen molar-refractivity contribution in [2.24, 2.45) is 5.10 Å². The second-order valence-corrected chi connectivity index (χ2v) is 7.67. The topological polar surface area (TPSA) is 106 Å². The summed E-state index contributed by atoms with van der Waals surface area (Å²) < 4.78 is 10.7. The Balaban J connectivity index is 1.54. The lowest BCUT2D eigenvalue weighted by molar-refractivity contribution is -0.120. The molecule has 0 aliphatic carbocycles. The maximum Gasteiger partial charge on any atom is 0.343 e. The van der Waals surface area contributed by atoms with Crippen molar-refractivity contribution in [1.82, 2.24) is 10.7 Å². The fourth-order valence-corrected chi connectivity index (χ4v) is 3.02. The summed E-state index contributed by atoms with van der Waals surface area (Å²) >= 11 is 11.7. The number of esters is 1. The summed E-state index contributed by atoms with van der Waals surface area (Å²) in [6.45, 7) is -0.272. The van der Waals surface area contributed by atoms with E-state index in [1.165, 1.54) is 19.4 Å². The number of benzene rings is 3. The minimum absolute atomic E-state index is 0.215. The number of hydrogen-bond acceptors (Lipinski definition) is 6. The van der Waals surface area contributed by atoms with E-state index in [0.29, 0.717) is 32.5 Å². The highest BCUT2D eigenvalue weighted by Crippen LogP contribution is 2.28. The molecule has 0 aliphatic rings. The lowest BCUT2D eigenvalue weighted by atomic mass is 10.2. The molecule has 0 saturated heterocycles. The van der Waals surface area contributed by atoms with Crippen molar-refractivity contribution in [3.63, 3.8) is 0 Å². The van der Waals surface area contributed by atoms with Crippen LogP contribution in [0.3, 0.4) is 0 Å². The van der Waals surface area contributed by atoms with Gasteiger partial charge in [-0.25, -0.2) is 10.2 Å². The van der Waals surface area contributed by atoms with Crippen LogP contribution < -0.4 is 20.2 Å². The fraction of sp³-hybridized carbons (Fsp3) is 0.0833. The molecule has 0 atom stereocenters. The lowest BCUT2D eigenvalue weighted by Crippen LogP contribution is -2.34. The SMILES string of the molecule is COc1cc(/C=N\NC(=O)CNC(=O)c2cccc(Cl)c2)ccc1OC(=O)c1ccc(Cl)cc1. The Hall–Kier alpha value is -3.88. The largest absolute Gasteiger partial charge is 0.493 e. The van der Waals surface area contributed by atoms with Gasteiger partial charge in [-0.15, -0.1) is 0 Å². The van der Waals surface area contributed by atoms with Gasteiger partial charge in [-0.05, 0) is 66.2 Å². The van der Waals surface area contributed by atoms with Crippen LogP contribution in [0.1, 0.15) is 26.3 Å². The smallest absolute Gasteiger partial charge is 0.343 e. The van der Waals surface area contributed by atoms with E-state index in [2.05, 4.69) is 15.8 Å². The van der Waals surface area contributed by atoms with Crippen LogP contribution in [0, 0.1) is 0 Å². The summed E-state index contributed by atoms with van der Waals surface area (Å²) in [7, 11) is 1.43. The highest BCUT2D eigenvalue weighted by Gasteiger charge is 2.13. The van der Waals surface area contributed by atoms with E-state index in [0.717, 1.165) is 0 Å². The third kappa shape index (κ3) is 7.06. The Morgan fingerprint density at radius 2 is 1.68 bits per heavy atom. The highest BCUT2D eigenvalue weighted by atomic mass is 35.5. The quantitative estimate of drug-likeness (QED) is 0.210. The van der Waals surface area contributed by atoms with E-state index >= 15 is 0 Å². The number of ether oxygens (including phenoxy) is 2. The molecule has 0 spiro atoms. The molecule has 0 radical (unpaired) electrons. The molecule has 8 nitrogen and oxygen atoms in total. The zero-order valence-electron chi connectivity index (χ0n) is 17.9. The van der Waals surface area contributed by atoms with Gasteiger partial charge in [0, 0.05) is 15.6 Å². The predicted octanol–water partition coefficient (Wildman–Crippen LogP) is 4.10. The molecule has 0 unspecified atom stereocenters. The van der Waals surface area contributed by atoms with Crippen molar-refractivity contribution >= 4 is 47.2 Å². The number of methoxy groups -OCH3 is 1. The van der Waals surface area contributed by atoms with E-state index in [-0.39, 0.29) is 12.3 Å².